The van der Waals surface area contributed by atoms with Gasteiger partial charge in [0.15, 0.2) is 0 Å². The van der Waals surface area contributed by atoms with E-state index in [4.69, 9.17) is 9.47 Å². The molecule has 1 fully saturated rings. The Morgan fingerprint density at radius 3 is 2.58 bits per heavy atom. The molecule has 0 bridgehead atoms. The molecule has 1 saturated heterocycles. The summed E-state index contributed by atoms with van der Waals surface area (Å²) in [6.45, 7) is 1.68. The van der Waals surface area contributed by atoms with Crippen molar-refractivity contribution in [3.63, 3.8) is 0 Å². The molecule has 1 aromatic carbocycles. The lowest BCUT2D eigenvalue weighted by atomic mass is 9.97. The number of nitrogens with zero attached hydrogens (tertiary/aromatic N) is 2. The molecule has 1 aliphatic rings. The smallest absolute Gasteiger partial charge is 0.225 e. The molecule has 7 nitrogen and oxygen atoms in total. The maximum absolute atomic E-state index is 12.8. The van der Waals surface area contributed by atoms with Crippen molar-refractivity contribution < 1.29 is 14.3 Å². The lowest BCUT2D eigenvalue weighted by Gasteiger charge is -2.26. The summed E-state index contributed by atoms with van der Waals surface area (Å²) >= 11 is 0. The third kappa shape index (κ3) is 3.99. The first kappa shape index (κ1) is 18.3. The number of hydrogen-bond acceptors (Lipinski definition) is 5. The van der Waals surface area contributed by atoms with Gasteiger partial charge >= 0.3 is 0 Å². The summed E-state index contributed by atoms with van der Waals surface area (Å²) in [7, 11) is 5.14. The Labute approximate surface area is 153 Å². The summed E-state index contributed by atoms with van der Waals surface area (Å²) in [4.78, 5) is 17.3. The van der Waals surface area contributed by atoms with Gasteiger partial charge in [-0.15, -0.1) is 0 Å². The van der Waals surface area contributed by atoms with Crippen LogP contribution in [0.1, 0.15) is 30.3 Å². The van der Waals surface area contributed by atoms with Crippen molar-refractivity contribution in [1.29, 1.82) is 0 Å². The minimum absolute atomic E-state index is 0.0287. The molecule has 1 aliphatic heterocycles. The number of rotatable bonds is 6. The van der Waals surface area contributed by atoms with E-state index in [9.17, 15) is 4.79 Å². The van der Waals surface area contributed by atoms with Gasteiger partial charge in [-0.2, -0.15) is 0 Å². The normalized spacial score (nSPS) is 18.2. The van der Waals surface area contributed by atoms with E-state index >= 15 is 0 Å². The predicted octanol–water partition coefficient (Wildman–Crippen LogP) is 1.64. The standard InChI is InChI=1S/C19H26N4O3/c1-23-8-7-21-18(23)17(22-19(24)13-5-4-6-20-12-13)14-9-15(25-2)11-16(10-14)26-3/h7-11,13,17,20H,4-6,12H2,1-3H3,(H,22,24). The fraction of sp³-hybridized carbons (Fsp3) is 0.474. The van der Waals surface area contributed by atoms with Gasteiger partial charge in [0.2, 0.25) is 5.91 Å². The number of hydrogen-bond donors (Lipinski definition) is 2. The number of methoxy groups -OCH3 is 2. The SMILES string of the molecule is COc1cc(OC)cc(C(NC(=O)C2CCCNC2)c2nccn2C)c1. The molecule has 2 unspecified atom stereocenters. The number of carbonyl (C=O) groups is 1. The molecule has 0 radical (unpaired) electrons. The number of nitrogens with one attached hydrogen (secondary N) is 2. The van der Waals surface area contributed by atoms with E-state index in [2.05, 4.69) is 15.6 Å². The van der Waals surface area contributed by atoms with Gasteiger partial charge in [0.1, 0.15) is 23.4 Å². The fourth-order valence-corrected chi connectivity index (χ4v) is 3.28. The number of ether oxygens (including phenoxy) is 2. The Kier molecular flexibility index (Phi) is 5.78. The Morgan fingerprint density at radius 1 is 1.31 bits per heavy atom. The summed E-state index contributed by atoms with van der Waals surface area (Å²) < 4.78 is 12.7. The van der Waals surface area contributed by atoms with E-state index in [0.717, 1.165) is 30.8 Å². The Balaban J connectivity index is 1.94. The zero-order valence-electron chi connectivity index (χ0n) is 15.5. The lowest BCUT2D eigenvalue weighted by molar-refractivity contribution is -0.126. The van der Waals surface area contributed by atoms with Crippen LogP contribution in [0.5, 0.6) is 11.5 Å². The van der Waals surface area contributed by atoms with Crippen molar-refractivity contribution in [2.24, 2.45) is 13.0 Å². The Hall–Kier alpha value is -2.54. The van der Waals surface area contributed by atoms with E-state index < -0.39 is 0 Å². The van der Waals surface area contributed by atoms with Crippen LogP contribution in [0.4, 0.5) is 0 Å². The maximum Gasteiger partial charge on any atom is 0.225 e. The molecular weight excluding hydrogens is 332 g/mol. The molecule has 7 heteroatoms. The van der Waals surface area contributed by atoms with Crippen LogP contribution < -0.4 is 20.1 Å². The number of amides is 1. The number of aryl methyl sites for hydroxylation is 1. The van der Waals surface area contributed by atoms with Gasteiger partial charge in [-0.3, -0.25) is 4.79 Å². The molecule has 0 aliphatic carbocycles. The highest BCUT2D eigenvalue weighted by Gasteiger charge is 2.27. The number of benzene rings is 1. The van der Waals surface area contributed by atoms with Crippen LogP contribution in [0, 0.1) is 5.92 Å². The molecule has 26 heavy (non-hydrogen) atoms. The van der Waals surface area contributed by atoms with Crippen LogP contribution in [-0.2, 0) is 11.8 Å². The number of piperidine rings is 1. The quantitative estimate of drug-likeness (QED) is 0.821. The summed E-state index contributed by atoms with van der Waals surface area (Å²) in [5.41, 5.74) is 0.868. The van der Waals surface area contributed by atoms with Crippen LogP contribution >= 0.6 is 0 Å². The second-order valence-corrected chi connectivity index (χ2v) is 6.53. The highest BCUT2D eigenvalue weighted by Crippen LogP contribution is 2.30. The molecule has 3 rings (SSSR count). The maximum atomic E-state index is 12.8. The summed E-state index contributed by atoms with van der Waals surface area (Å²) in [5, 5.41) is 6.47. The molecule has 2 N–H and O–H groups in total. The minimum atomic E-state index is -0.381. The predicted molar refractivity (Wildman–Crippen MR) is 98.3 cm³/mol. The average molecular weight is 358 g/mol. The molecule has 1 aromatic heterocycles. The molecule has 140 valence electrons. The lowest BCUT2D eigenvalue weighted by Crippen LogP contribution is -2.42. The van der Waals surface area contributed by atoms with Crippen molar-refractivity contribution >= 4 is 5.91 Å². The van der Waals surface area contributed by atoms with Crippen LogP contribution in [0.3, 0.4) is 0 Å². The van der Waals surface area contributed by atoms with E-state index in [0.29, 0.717) is 18.0 Å². The first-order valence-corrected chi connectivity index (χ1v) is 8.83. The van der Waals surface area contributed by atoms with E-state index in [1.165, 1.54) is 0 Å². The van der Waals surface area contributed by atoms with E-state index in [1.54, 1.807) is 20.4 Å². The van der Waals surface area contributed by atoms with Crippen LogP contribution in [0.25, 0.3) is 0 Å². The molecule has 0 saturated carbocycles. The zero-order chi connectivity index (χ0) is 18.5. The van der Waals surface area contributed by atoms with Crippen LogP contribution in [0.2, 0.25) is 0 Å². The van der Waals surface area contributed by atoms with E-state index in [1.807, 2.05) is 36.0 Å². The fourth-order valence-electron chi connectivity index (χ4n) is 3.28. The van der Waals surface area contributed by atoms with Crippen molar-refractivity contribution in [1.82, 2.24) is 20.2 Å². The van der Waals surface area contributed by atoms with Gasteiger partial charge in [0.05, 0.1) is 20.1 Å². The number of imidazole rings is 1. The van der Waals surface area contributed by atoms with Gasteiger partial charge in [0.25, 0.3) is 0 Å². The third-order valence-electron chi connectivity index (χ3n) is 4.78. The van der Waals surface area contributed by atoms with Crippen LogP contribution in [-0.4, -0.2) is 42.8 Å². The molecule has 2 heterocycles. The monoisotopic (exact) mass is 358 g/mol. The van der Waals surface area contributed by atoms with Gasteiger partial charge in [-0.1, -0.05) is 0 Å². The average Bonchev–Trinajstić information content (AvgIpc) is 3.11. The van der Waals surface area contributed by atoms with Crippen molar-refractivity contribution in [2.45, 2.75) is 18.9 Å². The summed E-state index contributed by atoms with van der Waals surface area (Å²) in [6, 6.07) is 5.24. The number of aromatic nitrogens is 2. The minimum Gasteiger partial charge on any atom is -0.497 e. The topological polar surface area (TPSA) is 77.4 Å². The number of carbonyl (C=O) groups excluding carboxylic acids is 1. The molecule has 2 aromatic rings. The largest absolute Gasteiger partial charge is 0.497 e. The Morgan fingerprint density at radius 2 is 2.04 bits per heavy atom. The van der Waals surface area contributed by atoms with Gasteiger partial charge in [-0.25, -0.2) is 4.98 Å². The van der Waals surface area contributed by atoms with Crippen LogP contribution in [0.15, 0.2) is 30.6 Å². The van der Waals surface area contributed by atoms with E-state index in [-0.39, 0.29) is 17.9 Å². The first-order valence-electron chi connectivity index (χ1n) is 8.83. The first-order chi connectivity index (χ1) is 12.6. The summed E-state index contributed by atoms with van der Waals surface area (Å²) in [6.07, 6.45) is 5.51. The van der Waals surface area contributed by atoms with Gasteiger partial charge < -0.3 is 24.7 Å². The second kappa shape index (κ2) is 8.23. The molecule has 1 amide bonds. The van der Waals surface area contributed by atoms with Crippen molar-refractivity contribution in [3.8, 4) is 11.5 Å². The third-order valence-corrected chi connectivity index (χ3v) is 4.78. The Bertz CT molecular complexity index is 731. The summed E-state index contributed by atoms with van der Waals surface area (Å²) in [5.74, 6) is 2.11. The second-order valence-electron chi connectivity index (χ2n) is 6.53. The zero-order valence-corrected chi connectivity index (χ0v) is 15.5. The highest BCUT2D eigenvalue weighted by molar-refractivity contribution is 5.79. The van der Waals surface area contributed by atoms with Crippen molar-refractivity contribution in [3.05, 3.63) is 42.0 Å². The van der Waals surface area contributed by atoms with Gasteiger partial charge in [-0.05, 0) is 37.1 Å². The highest BCUT2D eigenvalue weighted by atomic mass is 16.5. The van der Waals surface area contributed by atoms with Crippen molar-refractivity contribution in [2.75, 3.05) is 27.3 Å². The molecule has 2 atom stereocenters. The van der Waals surface area contributed by atoms with Gasteiger partial charge in [0, 0.05) is 32.1 Å². The molecule has 0 spiro atoms. The molecular formula is C19H26N4O3.